The zero-order chi connectivity index (χ0) is 21.1. The van der Waals surface area contributed by atoms with E-state index < -0.39 is 15.9 Å². The van der Waals surface area contributed by atoms with Crippen LogP contribution < -0.4 is 4.74 Å². The number of aryl methyl sites for hydroxylation is 1. The van der Waals surface area contributed by atoms with E-state index in [4.69, 9.17) is 4.74 Å². The van der Waals surface area contributed by atoms with E-state index in [9.17, 15) is 13.2 Å². The van der Waals surface area contributed by atoms with Crippen LogP contribution in [0.2, 0.25) is 0 Å². The zero-order valence-electron chi connectivity index (χ0n) is 16.5. The highest BCUT2D eigenvalue weighted by molar-refractivity contribution is 7.89. The monoisotopic (exact) mass is 419 g/mol. The Hall–Kier alpha value is -3.38. The smallest absolute Gasteiger partial charge is 0.267 e. The van der Waals surface area contributed by atoms with Crippen LogP contribution in [0.3, 0.4) is 0 Å². The lowest BCUT2D eigenvalue weighted by molar-refractivity contribution is -0.123. The van der Waals surface area contributed by atoms with Crippen molar-refractivity contribution in [2.75, 3.05) is 6.61 Å². The molecule has 1 heterocycles. The minimum Gasteiger partial charge on any atom is -0.488 e. The maximum absolute atomic E-state index is 13.4. The number of rotatable bonds is 5. The molecule has 3 aromatic rings. The third-order valence-corrected chi connectivity index (χ3v) is 6.65. The van der Waals surface area contributed by atoms with Crippen LogP contribution in [0, 0.1) is 6.92 Å². The fourth-order valence-electron chi connectivity index (χ4n) is 3.25. The quantitative estimate of drug-likeness (QED) is 0.622. The summed E-state index contributed by atoms with van der Waals surface area (Å²) < 4.78 is 33.4. The summed E-state index contributed by atoms with van der Waals surface area (Å²) in [5, 5.41) is 0. The highest BCUT2D eigenvalue weighted by Crippen LogP contribution is 2.28. The number of sulfonamides is 1. The van der Waals surface area contributed by atoms with E-state index in [-0.39, 0.29) is 18.0 Å². The summed E-state index contributed by atoms with van der Waals surface area (Å²) >= 11 is 0. The van der Waals surface area contributed by atoms with Crippen molar-refractivity contribution >= 4 is 22.0 Å². The standard InChI is InChI=1S/C24H21NO4S/c1-18-11-13-22(14-12-18)30(27,28)25(16-19-7-3-2-4-8-19)24(26)21-15-20-9-5-6-10-23(20)29-17-21/h2-15H,16-17H2,1H3. The van der Waals surface area contributed by atoms with E-state index in [1.807, 2.05) is 49.4 Å². The lowest BCUT2D eigenvalue weighted by Gasteiger charge is -2.26. The average Bonchev–Trinajstić information content (AvgIpc) is 2.77. The number of benzene rings is 3. The number of ether oxygens (including phenoxy) is 1. The number of para-hydroxylation sites is 1. The predicted molar refractivity (Wildman–Crippen MR) is 115 cm³/mol. The number of nitrogens with zero attached hydrogens (tertiary/aromatic N) is 1. The third kappa shape index (κ3) is 4.00. The third-order valence-electron chi connectivity index (χ3n) is 4.91. The van der Waals surface area contributed by atoms with Crippen LogP contribution in [0.4, 0.5) is 0 Å². The SMILES string of the molecule is Cc1ccc(S(=O)(=O)N(Cc2ccccc2)C(=O)C2=Cc3ccccc3OC2)cc1. The number of fused-ring (bicyclic) bond motifs is 1. The van der Waals surface area contributed by atoms with E-state index in [0.29, 0.717) is 11.3 Å². The molecular weight excluding hydrogens is 398 g/mol. The summed E-state index contributed by atoms with van der Waals surface area (Å²) in [6.07, 6.45) is 1.70. The summed E-state index contributed by atoms with van der Waals surface area (Å²) in [5.74, 6) is 0.0824. The molecule has 0 spiro atoms. The number of hydrogen-bond donors (Lipinski definition) is 0. The second kappa shape index (κ2) is 8.16. The van der Waals surface area contributed by atoms with Gasteiger partial charge in [-0.1, -0.05) is 66.2 Å². The summed E-state index contributed by atoms with van der Waals surface area (Å²) in [5.41, 5.74) is 2.70. The summed E-state index contributed by atoms with van der Waals surface area (Å²) in [6, 6.07) is 22.9. The van der Waals surface area contributed by atoms with Crippen molar-refractivity contribution in [1.82, 2.24) is 4.31 Å². The van der Waals surface area contributed by atoms with Crippen LogP contribution in [0.5, 0.6) is 5.75 Å². The Balaban J connectivity index is 1.75. The Kier molecular flexibility index (Phi) is 5.42. The van der Waals surface area contributed by atoms with Crippen molar-refractivity contribution in [3.05, 3.63) is 101 Å². The van der Waals surface area contributed by atoms with E-state index in [1.54, 1.807) is 30.3 Å². The molecule has 0 aromatic heterocycles. The Morgan fingerprint density at radius 2 is 1.60 bits per heavy atom. The van der Waals surface area contributed by atoms with Crippen molar-refractivity contribution in [3.8, 4) is 5.75 Å². The minimum atomic E-state index is -4.05. The average molecular weight is 420 g/mol. The predicted octanol–water partition coefficient (Wildman–Crippen LogP) is 4.19. The summed E-state index contributed by atoms with van der Waals surface area (Å²) in [6.45, 7) is 1.84. The molecule has 6 heteroatoms. The summed E-state index contributed by atoms with van der Waals surface area (Å²) in [4.78, 5) is 13.5. The van der Waals surface area contributed by atoms with Crippen LogP contribution in [0.15, 0.2) is 89.3 Å². The van der Waals surface area contributed by atoms with Gasteiger partial charge in [-0.3, -0.25) is 4.79 Å². The van der Waals surface area contributed by atoms with E-state index >= 15 is 0 Å². The van der Waals surface area contributed by atoms with Crippen molar-refractivity contribution in [2.45, 2.75) is 18.4 Å². The maximum atomic E-state index is 13.4. The van der Waals surface area contributed by atoms with E-state index in [1.165, 1.54) is 12.1 Å². The first-order valence-corrected chi connectivity index (χ1v) is 11.0. The molecule has 1 aliphatic heterocycles. The molecule has 1 amide bonds. The van der Waals surface area contributed by atoms with Gasteiger partial charge >= 0.3 is 0 Å². The highest BCUT2D eigenvalue weighted by Gasteiger charge is 2.32. The van der Waals surface area contributed by atoms with Gasteiger partial charge in [0.15, 0.2) is 0 Å². The molecule has 0 unspecified atom stereocenters. The van der Waals surface area contributed by atoms with Gasteiger partial charge in [0, 0.05) is 5.56 Å². The second-order valence-electron chi connectivity index (χ2n) is 7.11. The number of carbonyl (C=O) groups is 1. The van der Waals surface area contributed by atoms with E-state index in [0.717, 1.165) is 21.0 Å². The molecule has 152 valence electrons. The van der Waals surface area contributed by atoms with Crippen LogP contribution in [0.25, 0.3) is 6.08 Å². The van der Waals surface area contributed by atoms with Crippen LogP contribution in [-0.4, -0.2) is 25.2 Å². The molecule has 0 atom stereocenters. The van der Waals surface area contributed by atoms with Gasteiger partial charge < -0.3 is 4.74 Å². The molecule has 0 N–H and O–H groups in total. The summed E-state index contributed by atoms with van der Waals surface area (Å²) in [7, 11) is -4.05. The Bertz CT molecular complexity index is 1200. The zero-order valence-corrected chi connectivity index (χ0v) is 17.3. The normalized spacial score (nSPS) is 13.0. The molecule has 0 radical (unpaired) electrons. The molecule has 4 rings (SSSR count). The largest absolute Gasteiger partial charge is 0.488 e. The van der Waals surface area contributed by atoms with Crippen LogP contribution in [-0.2, 0) is 21.4 Å². The van der Waals surface area contributed by atoms with Gasteiger partial charge in [-0.15, -0.1) is 0 Å². The molecular formula is C24H21NO4S. The van der Waals surface area contributed by atoms with Crippen molar-refractivity contribution < 1.29 is 17.9 Å². The number of amides is 1. The minimum absolute atomic E-state index is 0.0184. The van der Waals surface area contributed by atoms with Crippen molar-refractivity contribution in [2.24, 2.45) is 0 Å². The topological polar surface area (TPSA) is 63.7 Å². The molecule has 1 aliphatic rings. The first-order valence-electron chi connectivity index (χ1n) is 9.55. The van der Waals surface area contributed by atoms with Gasteiger partial charge in [-0.2, -0.15) is 0 Å². The Labute approximate surface area is 176 Å². The number of hydrogen-bond acceptors (Lipinski definition) is 4. The fraction of sp³-hybridized carbons (Fsp3) is 0.125. The fourth-order valence-corrected chi connectivity index (χ4v) is 4.64. The molecule has 3 aromatic carbocycles. The van der Waals surface area contributed by atoms with Gasteiger partial charge in [0.25, 0.3) is 15.9 Å². The molecule has 0 saturated carbocycles. The van der Waals surface area contributed by atoms with Crippen molar-refractivity contribution in [1.29, 1.82) is 0 Å². The van der Waals surface area contributed by atoms with Gasteiger partial charge in [-0.05, 0) is 36.8 Å². The Morgan fingerprint density at radius 1 is 0.933 bits per heavy atom. The van der Waals surface area contributed by atoms with Gasteiger partial charge in [0.05, 0.1) is 17.0 Å². The number of carbonyl (C=O) groups excluding carboxylic acids is 1. The van der Waals surface area contributed by atoms with Crippen LogP contribution >= 0.6 is 0 Å². The molecule has 0 aliphatic carbocycles. The molecule has 0 fully saturated rings. The van der Waals surface area contributed by atoms with Crippen molar-refractivity contribution in [3.63, 3.8) is 0 Å². The molecule has 5 nitrogen and oxygen atoms in total. The Morgan fingerprint density at radius 3 is 2.33 bits per heavy atom. The maximum Gasteiger partial charge on any atom is 0.267 e. The first kappa shape index (κ1) is 19.9. The van der Waals surface area contributed by atoms with Gasteiger partial charge in [0.2, 0.25) is 0 Å². The molecule has 30 heavy (non-hydrogen) atoms. The lowest BCUT2D eigenvalue weighted by Crippen LogP contribution is -2.38. The van der Waals surface area contributed by atoms with Gasteiger partial charge in [0.1, 0.15) is 12.4 Å². The second-order valence-corrected chi connectivity index (χ2v) is 8.97. The van der Waals surface area contributed by atoms with E-state index in [2.05, 4.69) is 0 Å². The molecule has 0 bridgehead atoms. The highest BCUT2D eigenvalue weighted by atomic mass is 32.2. The van der Waals surface area contributed by atoms with Crippen LogP contribution in [0.1, 0.15) is 16.7 Å². The molecule has 0 saturated heterocycles. The lowest BCUT2D eigenvalue weighted by atomic mass is 10.1. The van der Waals surface area contributed by atoms with Gasteiger partial charge in [-0.25, -0.2) is 12.7 Å². The first-order chi connectivity index (χ1) is 14.4.